The Hall–Kier alpha value is -1.01. The largest absolute Gasteiger partial charge is 0.350 e. The van der Waals surface area contributed by atoms with Crippen molar-refractivity contribution in [1.82, 2.24) is 15.3 Å². The van der Waals surface area contributed by atoms with E-state index in [1.54, 1.807) is 12.4 Å². The number of anilines is 1. The van der Waals surface area contributed by atoms with Crippen LogP contribution in [-0.4, -0.2) is 46.6 Å². The van der Waals surface area contributed by atoms with E-state index >= 15 is 0 Å². The van der Waals surface area contributed by atoms with E-state index in [1.165, 1.54) is 24.3 Å². The molecule has 104 valence electrons. The maximum atomic E-state index is 11.8. The van der Waals surface area contributed by atoms with E-state index in [0.29, 0.717) is 17.9 Å². The van der Waals surface area contributed by atoms with Crippen LogP contribution >= 0.6 is 11.8 Å². The summed E-state index contributed by atoms with van der Waals surface area (Å²) in [6, 6.07) is 1.14. The molecule has 2 fully saturated rings. The van der Waals surface area contributed by atoms with E-state index in [-0.39, 0.29) is 5.56 Å². The molecular formula is C13H20N4OS. The summed E-state index contributed by atoms with van der Waals surface area (Å²) in [5, 5.41) is 3.73. The molecule has 2 saturated heterocycles. The van der Waals surface area contributed by atoms with Gasteiger partial charge in [0, 0.05) is 43.3 Å². The zero-order chi connectivity index (χ0) is 13.1. The summed E-state index contributed by atoms with van der Waals surface area (Å²) in [5.41, 5.74) is -0.0837. The van der Waals surface area contributed by atoms with Crippen molar-refractivity contribution in [3.8, 4) is 0 Å². The van der Waals surface area contributed by atoms with Gasteiger partial charge < -0.3 is 15.2 Å². The topological polar surface area (TPSA) is 61.0 Å². The van der Waals surface area contributed by atoms with Gasteiger partial charge in [-0.15, -0.1) is 0 Å². The predicted molar refractivity (Wildman–Crippen MR) is 79.0 cm³/mol. The molecule has 0 saturated carbocycles. The van der Waals surface area contributed by atoms with Gasteiger partial charge >= 0.3 is 0 Å². The van der Waals surface area contributed by atoms with Crippen LogP contribution in [0.15, 0.2) is 17.2 Å². The Morgan fingerprint density at radius 3 is 3.16 bits per heavy atom. The van der Waals surface area contributed by atoms with Crippen molar-refractivity contribution in [2.24, 2.45) is 0 Å². The van der Waals surface area contributed by atoms with Crippen LogP contribution < -0.4 is 15.8 Å². The monoisotopic (exact) mass is 280 g/mol. The molecule has 0 spiro atoms. The molecule has 0 unspecified atom stereocenters. The van der Waals surface area contributed by atoms with Crippen molar-refractivity contribution >= 4 is 17.6 Å². The van der Waals surface area contributed by atoms with Crippen LogP contribution in [0.5, 0.6) is 0 Å². The molecule has 3 rings (SSSR count). The molecule has 2 aliphatic heterocycles. The summed E-state index contributed by atoms with van der Waals surface area (Å²) in [6.45, 7) is 1.82. The highest BCUT2D eigenvalue weighted by Crippen LogP contribution is 2.20. The molecule has 6 heteroatoms. The molecule has 0 aliphatic carbocycles. The van der Waals surface area contributed by atoms with Gasteiger partial charge in [-0.25, -0.2) is 4.98 Å². The van der Waals surface area contributed by atoms with Gasteiger partial charge in [0.2, 0.25) is 0 Å². The number of rotatable bonds is 3. The first-order chi connectivity index (χ1) is 9.33. The molecular weight excluding hydrogens is 260 g/mol. The maximum Gasteiger partial charge on any atom is 0.290 e. The Morgan fingerprint density at radius 2 is 2.37 bits per heavy atom. The molecule has 3 heterocycles. The third kappa shape index (κ3) is 3.12. The summed E-state index contributed by atoms with van der Waals surface area (Å²) in [6.07, 6.45) is 6.82. The number of hydrogen-bond donors (Lipinski definition) is 2. The maximum absolute atomic E-state index is 11.8. The van der Waals surface area contributed by atoms with Gasteiger partial charge in [-0.3, -0.25) is 4.79 Å². The normalized spacial score (nSPS) is 27.7. The number of H-pyrrole nitrogens is 1. The summed E-state index contributed by atoms with van der Waals surface area (Å²) >= 11 is 2.03. The average Bonchev–Trinajstić information content (AvgIpc) is 2.92. The number of aromatic nitrogens is 2. The predicted octanol–water partition coefficient (Wildman–Crippen LogP) is 0.834. The minimum absolute atomic E-state index is 0.0837. The summed E-state index contributed by atoms with van der Waals surface area (Å²) < 4.78 is 0. The standard InChI is InChI=1S/C13H20N4OS/c18-13-12(14-4-5-15-13)17-6-1-2-10(8-17)16-11-3-7-19-9-11/h4-5,10-11,16H,1-3,6-9H2,(H,15,18)/t10-,11-/m0/s1. The first-order valence-corrected chi connectivity index (χ1v) is 8.11. The molecule has 1 aromatic rings. The Bertz CT molecular complexity index is 472. The Balaban J connectivity index is 1.64. The van der Waals surface area contributed by atoms with Crippen LogP contribution in [0.4, 0.5) is 5.82 Å². The lowest BCUT2D eigenvalue weighted by atomic mass is 10.0. The molecule has 2 aliphatic rings. The van der Waals surface area contributed by atoms with Crippen molar-refractivity contribution in [1.29, 1.82) is 0 Å². The fraction of sp³-hybridized carbons (Fsp3) is 0.692. The highest BCUT2D eigenvalue weighted by Gasteiger charge is 2.25. The van der Waals surface area contributed by atoms with Gasteiger partial charge in [0.05, 0.1) is 0 Å². The van der Waals surface area contributed by atoms with Crippen molar-refractivity contribution in [3.05, 3.63) is 22.7 Å². The van der Waals surface area contributed by atoms with Gasteiger partial charge in [-0.1, -0.05) is 0 Å². The smallest absolute Gasteiger partial charge is 0.290 e. The fourth-order valence-corrected chi connectivity index (χ4v) is 4.04. The SMILES string of the molecule is O=c1[nH]ccnc1N1CCC[C@H](N[C@H]2CCSC2)C1. The van der Waals surface area contributed by atoms with E-state index in [0.717, 1.165) is 19.5 Å². The lowest BCUT2D eigenvalue weighted by Crippen LogP contribution is -2.50. The zero-order valence-electron chi connectivity index (χ0n) is 11.0. The number of thioether (sulfide) groups is 1. The molecule has 2 N–H and O–H groups in total. The molecule has 5 nitrogen and oxygen atoms in total. The first-order valence-electron chi connectivity index (χ1n) is 6.95. The third-order valence-electron chi connectivity index (χ3n) is 3.81. The molecule has 0 radical (unpaired) electrons. The van der Waals surface area contributed by atoms with Crippen molar-refractivity contribution in [2.75, 3.05) is 29.5 Å². The summed E-state index contributed by atoms with van der Waals surface area (Å²) in [7, 11) is 0. The van der Waals surface area contributed by atoms with Gasteiger partial charge in [0.25, 0.3) is 5.56 Å². The molecule has 19 heavy (non-hydrogen) atoms. The van der Waals surface area contributed by atoms with Crippen LogP contribution in [0, 0.1) is 0 Å². The number of nitrogens with one attached hydrogen (secondary N) is 2. The van der Waals surface area contributed by atoms with Gasteiger partial charge in [-0.05, 0) is 25.0 Å². The van der Waals surface area contributed by atoms with Crippen LogP contribution in [-0.2, 0) is 0 Å². The second kappa shape index (κ2) is 5.96. The zero-order valence-corrected chi connectivity index (χ0v) is 11.8. The number of nitrogens with zero attached hydrogens (tertiary/aromatic N) is 2. The molecule has 2 atom stereocenters. The van der Waals surface area contributed by atoms with E-state index in [4.69, 9.17) is 0 Å². The number of aromatic amines is 1. The van der Waals surface area contributed by atoms with E-state index < -0.39 is 0 Å². The third-order valence-corrected chi connectivity index (χ3v) is 4.97. The minimum atomic E-state index is -0.0837. The van der Waals surface area contributed by atoms with Gasteiger partial charge in [0.15, 0.2) is 5.82 Å². The average molecular weight is 280 g/mol. The quantitative estimate of drug-likeness (QED) is 0.859. The fourth-order valence-electron chi connectivity index (χ4n) is 2.87. The number of piperidine rings is 1. The van der Waals surface area contributed by atoms with E-state index in [9.17, 15) is 4.79 Å². The van der Waals surface area contributed by atoms with Gasteiger partial charge in [-0.2, -0.15) is 11.8 Å². The minimum Gasteiger partial charge on any atom is -0.350 e. The lowest BCUT2D eigenvalue weighted by molar-refractivity contribution is 0.385. The van der Waals surface area contributed by atoms with E-state index in [2.05, 4.69) is 20.2 Å². The van der Waals surface area contributed by atoms with Crippen LogP contribution in [0.25, 0.3) is 0 Å². The molecule has 0 bridgehead atoms. The van der Waals surface area contributed by atoms with Crippen molar-refractivity contribution < 1.29 is 0 Å². The van der Waals surface area contributed by atoms with Gasteiger partial charge in [0.1, 0.15) is 0 Å². The van der Waals surface area contributed by atoms with Crippen molar-refractivity contribution in [3.63, 3.8) is 0 Å². The van der Waals surface area contributed by atoms with Crippen LogP contribution in [0.1, 0.15) is 19.3 Å². The summed E-state index contributed by atoms with van der Waals surface area (Å²) in [5.74, 6) is 3.06. The second-order valence-electron chi connectivity index (χ2n) is 5.25. The highest BCUT2D eigenvalue weighted by atomic mass is 32.2. The highest BCUT2D eigenvalue weighted by molar-refractivity contribution is 7.99. The van der Waals surface area contributed by atoms with E-state index in [1.807, 2.05) is 11.8 Å². The molecule has 0 amide bonds. The first kappa shape index (κ1) is 13.0. The Labute approximate surface area is 117 Å². The van der Waals surface area contributed by atoms with Crippen LogP contribution in [0.2, 0.25) is 0 Å². The van der Waals surface area contributed by atoms with Crippen LogP contribution in [0.3, 0.4) is 0 Å². The second-order valence-corrected chi connectivity index (χ2v) is 6.40. The molecule has 1 aromatic heterocycles. The lowest BCUT2D eigenvalue weighted by Gasteiger charge is -2.34. The molecule has 0 aromatic carbocycles. The Morgan fingerprint density at radius 1 is 1.42 bits per heavy atom. The summed E-state index contributed by atoms with van der Waals surface area (Å²) in [4.78, 5) is 20.8. The Kier molecular flexibility index (Phi) is 4.08. The number of hydrogen-bond acceptors (Lipinski definition) is 5. The van der Waals surface area contributed by atoms with Crippen molar-refractivity contribution in [2.45, 2.75) is 31.3 Å².